The second kappa shape index (κ2) is 3.46. The van der Waals surface area contributed by atoms with E-state index in [0.29, 0.717) is 12.8 Å². The zero-order chi connectivity index (χ0) is 10.1. The molecule has 1 saturated carbocycles. The molecule has 1 N–H and O–H groups in total. The molecule has 0 aromatic rings. The van der Waals surface area contributed by atoms with Gasteiger partial charge in [0.25, 0.3) is 0 Å². The second-order valence-electron chi connectivity index (χ2n) is 3.68. The molecule has 0 aromatic heterocycles. The molecule has 0 unspecified atom stereocenters. The van der Waals surface area contributed by atoms with Gasteiger partial charge in [-0.05, 0) is 13.3 Å². The van der Waals surface area contributed by atoms with Crippen molar-refractivity contribution in [2.24, 2.45) is 5.41 Å². The van der Waals surface area contributed by atoms with Gasteiger partial charge >= 0.3 is 5.97 Å². The van der Waals surface area contributed by atoms with Crippen molar-refractivity contribution in [1.82, 2.24) is 0 Å². The van der Waals surface area contributed by atoms with Crippen molar-refractivity contribution in [3.8, 4) is 0 Å². The van der Waals surface area contributed by atoms with Crippen molar-refractivity contribution < 1.29 is 19.4 Å². The molecule has 0 amide bonds. The topological polar surface area (TPSA) is 63.6 Å². The Morgan fingerprint density at radius 3 is 2.85 bits per heavy atom. The highest BCUT2D eigenvalue weighted by Gasteiger charge is 2.46. The van der Waals surface area contributed by atoms with Gasteiger partial charge in [-0.3, -0.25) is 9.59 Å². The number of aliphatic hydroxyl groups excluding tert-OH is 1. The van der Waals surface area contributed by atoms with Gasteiger partial charge in [-0.25, -0.2) is 0 Å². The predicted molar refractivity (Wildman–Crippen MR) is 45.0 cm³/mol. The number of hydrogen-bond donors (Lipinski definition) is 1. The number of carbonyl (C=O) groups is 2. The lowest BCUT2D eigenvalue weighted by Gasteiger charge is -2.34. The Kier molecular flexibility index (Phi) is 2.71. The molecule has 74 valence electrons. The summed E-state index contributed by atoms with van der Waals surface area (Å²) in [5, 5.41) is 9.59. The summed E-state index contributed by atoms with van der Waals surface area (Å²) in [6.45, 7) is 1.57. The molecule has 1 aliphatic rings. The van der Waals surface area contributed by atoms with Crippen LogP contribution in [-0.2, 0) is 14.3 Å². The average Bonchev–Trinajstić information content (AvgIpc) is 2.10. The first kappa shape index (κ1) is 10.2. The van der Waals surface area contributed by atoms with Gasteiger partial charge in [0.2, 0.25) is 0 Å². The Balaban J connectivity index is 2.84. The molecule has 0 aromatic carbocycles. The van der Waals surface area contributed by atoms with E-state index in [0.717, 1.165) is 0 Å². The molecular weight excluding hydrogens is 172 g/mol. The van der Waals surface area contributed by atoms with Crippen LogP contribution in [0.25, 0.3) is 0 Å². The maximum atomic E-state index is 11.3. The largest absolute Gasteiger partial charge is 0.469 e. The van der Waals surface area contributed by atoms with E-state index in [1.165, 1.54) is 7.11 Å². The molecular formula is C9H14O4. The molecule has 13 heavy (non-hydrogen) atoms. The molecule has 1 rings (SSSR count). The first-order valence-electron chi connectivity index (χ1n) is 4.29. The summed E-state index contributed by atoms with van der Waals surface area (Å²) in [6, 6.07) is 0. The van der Waals surface area contributed by atoms with Crippen molar-refractivity contribution in [3.63, 3.8) is 0 Å². The van der Waals surface area contributed by atoms with Gasteiger partial charge in [-0.1, -0.05) is 0 Å². The van der Waals surface area contributed by atoms with E-state index in [-0.39, 0.29) is 12.2 Å². The summed E-state index contributed by atoms with van der Waals surface area (Å²) in [6.07, 6.45) is 0.0246. The third-order valence-corrected chi connectivity index (χ3v) is 2.65. The number of carbonyl (C=O) groups excluding carboxylic acids is 2. The van der Waals surface area contributed by atoms with E-state index in [2.05, 4.69) is 4.74 Å². The number of Topliss-reactive ketones (excluding diaryl/α,β-unsaturated/α-hetero) is 1. The Bertz CT molecular complexity index is 236. The van der Waals surface area contributed by atoms with Crippen LogP contribution in [0.3, 0.4) is 0 Å². The Morgan fingerprint density at radius 1 is 1.69 bits per heavy atom. The van der Waals surface area contributed by atoms with Gasteiger partial charge in [-0.15, -0.1) is 0 Å². The van der Waals surface area contributed by atoms with Crippen LogP contribution in [0, 0.1) is 5.41 Å². The molecule has 0 bridgehead atoms. The van der Waals surface area contributed by atoms with E-state index in [1.54, 1.807) is 6.92 Å². The van der Waals surface area contributed by atoms with Crippen molar-refractivity contribution in [2.45, 2.75) is 32.3 Å². The van der Waals surface area contributed by atoms with E-state index in [4.69, 9.17) is 0 Å². The number of rotatable bonds is 1. The van der Waals surface area contributed by atoms with Crippen LogP contribution in [0.4, 0.5) is 0 Å². The number of aliphatic hydroxyl groups is 1. The fourth-order valence-corrected chi connectivity index (χ4v) is 1.67. The minimum atomic E-state index is -1.04. The van der Waals surface area contributed by atoms with Gasteiger partial charge in [0.05, 0.1) is 18.6 Å². The highest BCUT2D eigenvalue weighted by atomic mass is 16.5. The minimum absolute atomic E-state index is 0.0122. The third-order valence-electron chi connectivity index (χ3n) is 2.65. The van der Waals surface area contributed by atoms with Crippen molar-refractivity contribution in [1.29, 1.82) is 0 Å². The summed E-state index contributed by atoms with van der Waals surface area (Å²) >= 11 is 0. The number of ketones is 1. The minimum Gasteiger partial charge on any atom is -0.469 e. The van der Waals surface area contributed by atoms with Crippen molar-refractivity contribution in [3.05, 3.63) is 0 Å². The number of methoxy groups -OCH3 is 1. The van der Waals surface area contributed by atoms with Gasteiger partial charge < -0.3 is 9.84 Å². The van der Waals surface area contributed by atoms with E-state index in [1.807, 2.05) is 0 Å². The average molecular weight is 186 g/mol. The van der Waals surface area contributed by atoms with E-state index in [9.17, 15) is 14.7 Å². The van der Waals surface area contributed by atoms with E-state index >= 15 is 0 Å². The highest BCUT2D eigenvalue weighted by molar-refractivity contribution is 5.88. The monoisotopic (exact) mass is 186 g/mol. The molecule has 0 radical (unpaired) electrons. The number of hydrogen-bond acceptors (Lipinski definition) is 4. The van der Waals surface area contributed by atoms with Crippen LogP contribution in [0.2, 0.25) is 0 Å². The Labute approximate surface area is 76.9 Å². The van der Waals surface area contributed by atoms with Crippen LogP contribution in [0.1, 0.15) is 26.2 Å². The lowest BCUT2D eigenvalue weighted by molar-refractivity contribution is -0.164. The van der Waals surface area contributed by atoms with Gasteiger partial charge in [0.1, 0.15) is 5.78 Å². The molecule has 0 heterocycles. The fraction of sp³-hybridized carbons (Fsp3) is 0.778. The quantitative estimate of drug-likeness (QED) is 0.597. The Morgan fingerprint density at radius 2 is 2.31 bits per heavy atom. The molecule has 4 heteroatoms. The molecule has 1 fully saturated rings. The van der Waals surface area contributed by atoms with Crippen LogP contribution in [-0.4, -0.2) is 30.1 Å². The zero-order valence-electron chi connectivity index (χ0n) is 7.87. The third kappa shape index (κ3) is 1.72. The van der Waals surface area contributed by atoms with Crippen molar-refractivity contribution in [2.75, 3.05) is 7.11 Å². The van der Waals surface area contributed by atoms with Gasteiger partial charge in [0, 0.05) is 12.8 Å². The lowest BCUT2D eigenvalue weighted by Crippen LogP contribution is -2.45. The maximum Gasteiger partial charge on any atom is 0.314 e. The van der Waals surface area contributed by atoms with E-state index < -0.39 is 17.5 Å². The summed E-state index contributed by atoms with van der Waals surface area (Å²) < 4.78 is 4.56. The molecule has 0 saturated heterocycles. The molecule has 1 aliphatic carbocycles. The lowest BCUT2D eigenvalue weighted by atomic mass is 9.73. The van der Waals surface area contributed by atoms with Gasteiger partial charge in [-0.2, -0.15) is 0 Å². The zero-order valence-corrected chi connectivity index (χ0v) is 7.87. The predicted octanol–water partition coefficient (Wildman–Crippen LogP) is 0.280. The highest BCUT2D eigenvalue weighted by Crippen LogP contribution is 2.35. The Hall–Kier alpha value is -0.900. The van der Waals surface area contributed by atoms with Gasteiger partial charge in [0.15, 0.2) is 0 Å². The number of ether oxygens (including phenoxy) is 1. The summed E-state index contributed by atoms with van der Waals surface area (Å²) in [7, 11) is 1.26. The maximum absolute atomic E-state index is 11.3. The molecule has 4 nitrogen and oxygen atoms in total. The molecule has 0 aliphatic heterocycles. The number of esters is 1. The fourth-order valence-electron chi connectivity index (χ4n) is 1.67. The smallest absolute Gasteiger partial charge is 0.314 e. The molecule has 2 atom stereocenters. The van der Waals surface area contributed by atoms with Crippen LogP contribution in [0.15, 0.2) is 0 Å². The van der Waals surface area contributed by atoms with Crippen LogP contribution >= 0.6 is 0 Å². The van der Waals surface area contributed by atoms with Crippen LogP contribution in [0.5, 0.6) is 0 Å². The first-order valence-corrected chi connectivity index (χ1v) is 4.29. The van der Waals surface area contributed by atoms with Crippen LogP contribution < -0.4 is 0 Å². The molecule has 0 spiro atoms. The normalized spacial score (nSPS) is 34.4. The second-order valence-corrected chi connectivity index (χ2v) is 3.68. The SMILES string of the molecule is COC(=O)[C@]1(C)CC(=O)CC[C@@H]1O. The summed E-state index contributed by atoms with van der Waals surface area (Å²) in [4.78, 5) is 22.4. The first-order chi connectivity index (χ1) is 6.00. The van der Waals surface area contributed by atoms with Crippen molar-refractivity contribution >= 4 is 11.8 Å². The standard InChI is InChI=1S/C9H14O4/c1-9(8(12)13-2)5-6(10)3-4-7(9)11/h7,11H,3-5H2,1-2H3/t7-,9+/m0/s1. The summed E-state index contributed by atoms with van der Waals surface area (Å²) in [5.41, 5.74) is -1.04. The summed E-state index contributed by atoms with van der Waals surface area (Å²) in [5.74, 6) is -0.494.